The smallest absolute Gasteiger partial charge is 0.308 e. The zero-order chi connectivity index (χ0) is 16.3. The van der Waals surface area contributed by atoms with Crippen molar-refractivity contribution >= 4 is 5.97 Å². The number of hydrogen-bond donors (Lipinski definition) is 0. The van der Waals surface area contributed by atoms with Gasteiger partial charge in [-0.25, -0.2) is 0 Å². The molecule has 0 aliphatic heterocycles. The first kappa shape index (κ1) is 17.5. The van der Waals surface area contributed by atoms with Crippen LogP contribution in [0.5, 0.6) is 5.75 Å². The van der Waals surface area contributed by atoms with E-state index in [4.69, 9.17) is 4.74 Å². The van der Waals surface area contributed by atoms with Gasteiger partial charge in [-0.1, -0.05) is 59.7 Å². The highest BCUT2D eigenvalue weighted by Crippen LogP contribution is 2.39. The molecule has 1 rings (SSSR count). The summed E-state index contributed by atoms with van der Waals surface area (Å²) in [6.45, 7) is 13.3. The standard InChI is InChI=1S/C18H28O3/c1-17(2,3)13-9-8-10-14(18(4,5)6)16(13)21-12-11-15(19)20-7/h8-10H,11-12H2,1-7H3. The quantitative estimate of drug-likeness (QED) is 0.779. The molecule has 1 aromatic rings. The number of para-hydroxylation sites is 1. The first-order valence-corrected chi connectivity index (χ1v) is 7.41. The largest absolute Gasteiger partial charge is 0.492 e. The van der Waals surface area contributed by atoms with Crippen LogP contribution in [-0.2, 0) is 20.4 Å². The fraction of sp³-hybridized carbons (Fsp3) is 0.611. The number of carbonyl (C=O) groups is 1. The van der Waals surface area contributed by atoms with Crippen molar-refractivity contribution in [3.63, 3.8) is 0 Å². The highest BCUT2D eigenvalue weighted by molar-refractivity contribution is 5.69. The summed E-state index contributed by atoms with van der Waals surface area (Å²) in [5, 5.41) is 0. The molecule has 118 valence electrons. The lowest BCUT2D eigenvalue weighted by atomic mass is 9.79. The fourth-order valence-electron chi connectivity index (χ4n) is 2.21. The van der Waals surface area contributed by atoms with Crippen molar-refractivity contribution in [1.82, 2.24) is 0 Å². The van der Waals surface area contributed by atoms with E-state index in [9.17, 15) is 4.79 Å². The normalized spacial score (nSPS) is 12.1. The first-order chi connectivity index (χ1) is 9.57. The van der Waals surface area contributed by atoms with Gasteiger partial charge in [0.05, 0.1) is 20.1 Å². The Hall–Kier alpha value is -1.51. The van der Waals surface area contributed by atoms with E-state index >= 15 is 0 Å². The minimum absolute atomic E-state index is 0.0120. The Morgan fingerprint density at radius 2 is 1.48 bits per heavy atom. The molecule has 0 aliphatic rings. The Kier molecular flexibility index (Phi) is 5.43. The van der Waals surface area contributed by atoms with Crippen LogP contribution < -0.4 is 4.74 Å². The van der Waals surface area contributed by atoms with Gasteiger partial charge < -0.3 is 9.47 Å². The molecule has 0 aromatic heterocycles. The summed E-state index contributed by atoms with van der Waals surface area (Å²) < 4.78 is 10.7. The van der Waals surface area contributed by atoms with E-state index < -0.39 is 0 Å². The van der Waals surface area contributed by atoms with Crippen LogP contribution in [0.4, 0.5) is 0 Å². The highest BCUT2D eigenvalue weighted by Gasteiger charge is 2.26. The number of benzene rings is 1. The van der Waals surface area contributed by atoms with Gasteiger partial charge in [-0.2, -0.15) is 0 Å². The average Bonchev–Trinajstić information content (AvgIpc) is 2.36. The molecule has 0 amide bonds. The molecule has 0 heterocycles. The summed E-state index contributed by atoms with van der Waals surface area (Å²) in [7, 11) is 1.39. The van der Waals surface area contributed by atoms with E-state index in [2.05, 4.69) is 64.5 Å². The van der Waals surface area contributed by atoms with E-state index in [-0.39, 0.29) is 23.2 Å². The van der Waals surface area contributed by atoms with Crippen LogP contribution in [0.3, 0.4) is 0 Å². The molecule has 0 atom stereocenters. The van der Waals surface area contributed by atoms with Crippen LogP contribution in [0.25, 0.3) is 0 Å². The molecular formula is C18H28O3. The summed E-state index contributed by atoms with van der Waals surface area (Å²) >= 11 is 0. The summed E-state index contributed by atoms with van der Waals surface area (Å²) in [5.74, 6) is 0.655. The Morgan fingerprint density at radius 1 is 1.00 bits per heavy atom. The molecule has 0 saturated carbocycles. The zero-order valence-corrected chi connectivity index (χ0v) is 14.4. The molecule has 21 heavy (non-hydrogen) atoms. The topological polar surface area (TPSA) is 35.5 Å². The Bertz CT molecular complexity index is 458. The number of hydrogen-bond acceptors (Lipinski definition) is 3. The van der Waals surface area contributed by atoms with Gasteiger partial charge in [-0.15, -0.1) is 0 Å². The lowest BCUT2D eigenvalue weighted by Gasteiger charge is -2.29. The minimum atomic E-state index is -0.249. The minimum Gasteiger partial charge on any atom is -0.492 e. The maximum atomic E-state index is 11.3. The molecule has 0 radical (unpaired) electrons. The van der Waals surface area contributed by atoms with E-state index in [0.29, 0.717) is 6.61 Å². The third-order valence-electron chi connectivity index (χ3n) is 3.41. The SMILES string of the molecule is COC(=O)CCOc1c(C(C)(C)C)cccc1C(C)(C)C. The molecule has 0 bridgehead atoms. The van der Waals surface area contributed by atoms with Crippen molar-refractivity contribution in [2.75, 3.05) is 13.7 Å². The Morgan fingerprint density at radius 3 is 1.86 bits per heavy atom. The van der Waals surface area contributed by atoms with E-state index in [1.165, 1.54) is 18.2 Å². The lowest BCUT2D eigenvalue weighted by Crippen LogP contribution is -2.20. The maximum absolute atomic E-state index is 11.3. The third-order valence-corrected chi connectivity index (χ3v) is 3.41. The Balaban J connectivity index is 3.15. The van der Waals surface area contributed by atoms with Gasteiger partial charge in [0.1, 0.15) is 5.75 Å². The molecule has 0 aliphatic carbocycles. The van der Waals surface area contributed by atoms with Crippen LogP contribution in [-0.4, -0.2) is 19.7 Å². The summed E-state index contributed by atoms with van der Waals surface area (Å²) in [4.78, 5) is 11.3. The summed E-state index contributed by atoms with van der Waals surface area (Å²) in [6.07, 6.45) is 0.262. The molecule has 0 spiro atoms. The Labute approximate surface area is 128 Å². The van der Waals surface area contributed by atoms with Crippen molar-refractivity contribution in [3.05, 3.63) is 29.3 Å². The summed E-state index contributed by atoms with van der Waals surface area (Å²) in [5.41, 5.74) is 2.31. The second kappa shape index (κ2) is 6.50. The number of carbonyl (C=O) groups excluding carboxylic acids is 1. The molecule has 0 saturated heterocycles. The van der Waals surface area contributed by atoms with Crippen LogP contribution in [0.2, 0.25) is 0 Å². The van der Waals surface area contributed by atoms with Gasteiger partial charge in [-0.05, 0) is 22.0 Å². The van der Waals surface area contributed by atoms with Gasteiger partial charge in [0.2, 0.25) is 0 Å². The summed E-state index contributed by atoms with van der Waals surface area (Å²) in [6, 6.07) is 6.28. The van der Waals surface area contributed by atoms with Gasteiger partial charge in [-0.3, -0.25) is 4.79 Å². The molecule has 0 fully saturated rings. The highest BCUT2D eigenvalue weighted by atomic mass is 16.5. The first-order valence-electron chi connectivity index (χ1n) is 7.41. The van der Waals surface area contributed by atoms with Crippen molar-refractivity contribution in [2.24, 2.45) is 0 Å². The molecule has 0 N–H and O–H groups in total. The van der Waals surface area contributed by atoms with E-state index in [1.807, 2.05) is 0 Å². The second-order valence-corrected chi connectivity index (χ2v) is 7.36. The van der Waals surface area contributed by atoms with E-state index in [1.54, 1.807) is 0 Å². The van der Waals surface area contributed by atoms with Gasteiger partial charge in [0, 0.05) is 0 Å². The predicted molar refractivity (Wildman–Crippen MR) is 86.0 cm³/mol. The second-order valence-electron chi connectivity index (χ2n) is 7.36. The van der Waals surface area contributed by atoms with Crippen LogP contribution >= 0.6 is 0 Å². The molecular weight excluding hydrogens is 264 g/mol. The predicted octanol–water partition coefficient (Wildman–Crippen LogP) is 4.22. The van der Waals surface area contributed by atoms with Crippen LogP contribution in [0.15, 0.2) is 18.2 Å². The zero-order valence-electron chi connectivity index (χ0n) is 14.4. The molecule has 0 unspecified atom stereocenters. The van der Waals surface area contributed by atoms with Gasteiger partial charge in [0.25, 0.3) is 0 Å². The number of esters is 1. The van der Waals surface area contributed by atoms with Gasteiger partial charge in [0.15, 0.2) is 0 Å². The third kappa shape index (κ3) is 4.76. The van der Waals surface area contributed by atoms with Crippen LogP contribution in [0.1, 0.15) is 59.1 Å². The number of rotatable bonds is 4. The van der Waals surface area contributed by atoms with Crippen molar-refractivity contribution < 1.29 is 14.3 Å². The van der Waals surface area contributed by atoms with Crippen molar-refractivity contribution in [2.45, 2.75) is 58.8 Å². The monoisotopic (exact) mass is 292 g/mol. The average molecular weight is 292 g/mol. The number of methoxy groups -OCH3 is 1. The van der Waals surface area contributed by atoms with Gasteiger partial charge >= 0.3 is 5.97 Å². The molecule has 3 nitrogen and oxygen atoms in total. The maximum Gasteiger partial charge on any atom is 0.308 e. The number of ether oxygens (including phenoxy) is 2. The lowest BCUT2D eigenvalue weighted by molar-refractivity contribution is -0.141. The van der Waals surface area contributed by atoms with Crippen LogP contribution in [0, 0.1) is 0 Å². The van der Waals surface area contributed by atoms with Crippen molar-refractivity contribution in [1.29, 1.82) is 0 Å². The molecule has 1 aromatic carbocycles. The van der Waals surface area contributed by atoms with E-state index in [0.717, 1.165) is 5.75 Å². The molecule has 3 heteroatoms. The fourth-order valence-corrected chi connectivity index (χ4v) is 2.21. The van der Waals surface area contributed by atoms with Crippen molar-refractivity contribution in [3.8, 4) is 5.75 Å².